The van der Waals surface area contributed by atoms with Gasteiger partial charge in [0.1, 0.15) is 0 Å². The van der Waals surface area contributed by atoms with Crippen molar-refractivity contribution >= 4 is 11.6 Å². The van der Waals surface area contributed by atoms with E-state index in [1.165, 1.54) is 6.07 Å². The Morgan fingerprint density at radius 1 is 1.26 bits per heavy atom. The van der Waals surface area contributed by atoms with Crippen molar-refractivity contribution in [3.63, 3.8) is 0 Å². The monoisotopic (exact) mass is 292 g/mol. The van der Waals surface area contributed by atoms with E-state index in [2.05, 4.69) is 13.8 Å². The van der Waals surface area contributed by atoms with E-state index in [0.29, 0.717) is 11.5 Å². The molecular weight excluding hydrogens is 277 g/mol. The number of ether oxygens (including phenoxy) is 1. The van der Waals surface area contributed by atoms with Crippen LogP contribution in [0.3, 0.4) is 0 Å². The summed E-state index contributed by atoms with van der Waals surface area (Å²) in [5, 5.41) is 0.129. The summed E-state index contributed by atoms with van der Waals surface area (Å²) in [6.07, 6.45) is -2.68. The minimum Gasteiger partial charge on any atom is -0.370 e. The Hall–Kier alpha value is -0.740. The molecule has 0 spiro atoms. The molecule has 19 heavy (non-hydrogen) atoms. The number of halogens is 4. The molecule has 0 N–H and O–H groups in total. The van der Waals surface area contributed by atoms with Crippen LogP contribution in [-0.2, 0) is 10.9 Å². The highest BCUT2D eigenvalue weighted by Gasteiger charge is 2.33. The van der Waals surface area contributed by atoms with Crippen molar-refractivity contribution in [3.8, 4) is 0 Å². The largest absolute Gasteiger partial charge is 0.416 e. The Kier molecular flexibility index (Phi) is 4.11. The molecule has 2 rings (SSSR count). The van der Waals surface area contributed by atoms with E-state index in [1.54, 1.807) is 0 Å². The van der Waals surface area contributed by atoms with Crippen LogP contribution in [0.25, 0.3) is 0 Å². The summed E-state index contributed by atoms with van der Waals surface area (Å²) in [7, 11) is 0. The van der Waals surface area contributed by atoms with Gasteiger partial charge in [0.25, 0.3) is 0 Å². The van der Waals surface area contributed by atoms with Crippen LogP contribution >= 0.6 is 11.6 Å². The van der Waals surface area contributed by atoms with E-state index in [-0.39, 0.29) is 17.2 Å². The standard InChI is InChI=1S/C14H16ClF3O/c1-8(2)12-5-6-13(19-12)10-4-3-9(7-11(10)15)14(16,17)18/h3-4,7-8,12-13H,5-6H2,1-2H3/t12-,13+/m0/s1. The zero-order valence-electron chi connectivity index (χ0n) is 10.8. The fraction of sp³-hybridized carbons (Fsp3) is 0.571. The third-order valence-electron chi connectivity index (χ3n) is 3.47. The van der Waals surface area contributed by atoms with E-state index < -0.39 is 11.7 Å². The number of benzene rings is 1. The minimum absolute atomic E-state index is 0.129. The molecule has 0 radical (unpaired) electrons. The van der Waals surface area contributed by atoms with Crippen LogP contribution in [-0.4, -0.2) is 6.10 Å². The van der Waals surface area contributed by atoms with Gasteiger partial charge >= 0.3 is 6.18 Å². The smallest absolute Gasteiger partial charge is 0.370 e. The highest BCUT2D eigenvalue weighted by molar-refractivity contribution is 6.31. The first-order chi connectivity index (χ1) is 8.79. The van der Waals surface area contributed by atoms with Gasteiger partial charge < -0.3 is 4.74 Å². The van der Waals surface area contributed by atoms with Gasteiger partial charge in [-0.1, -0.05) is 31.5 Å². The molecular formula is C14H16ClF3O. The van der Waals surface area contributed by atoms with Gasteiger partial charge in [-0.25, -0.2) is 0 Å². The third kappa shape index (κ3) is 3.23. The zero-order valence-corrected chi connectivity index (χ0v) is 11.6. The van der Waals surface area contributed by atoms with Crippen LogP contribution in [0.4, 0.5) is 13.2 Å². The highest BCUT2D eigenvalue weighted by atomic mass is 35.5. The molecule has 1 heterocycles. The van der Waals surface area contributed by atoms with Crippen molar-refractivity contribution in [2.75, 3.05) is 0 Å². The van der Waals surface area contributed by atoms with Gasteiger partial charge in [-0.05, 0) is 36.5 Å². The van der Waals surface area contributed by atoms with Crippen LogP contribution in [0.1, 0.15) is 43.9 Å². The summed E-state index contributed by atoms with van der Waals surface area (Å²) in [4.78, 5) is 0. The van der Waals surface area contributed by atoms with Gasteiger partial charge in [0.05, 0.1) is 17.8 Å². The molecule has 0 aliphatic carbocycles. The maximum Gasteiger partial charge on any atom is 0.416 e. The van der Waals surface area contributed by atoms with Crippen molar-refractivity contribution in [1.29, 1.82) is 0 Å². The number of hydrogen-bond acceptors (Lipinski definition) is 1. The van der Waals surface area contributed by atoms with Gasteiger partial charge in [-0.3, -0.25) is 0 Å². The molecule has 1 aromatic rings. The highest BCUT2D eigenvalue weighted by Crippen LogP contribution is 2.40. The van der Waals surface area contributed by atoms with Crippen LogP contribution in [0.2, 0.25) is 5.02 Å². The lowest BCUT2D eigenvalue weighted by Gasteiger charge is -2.18. The van der Waals surface area contributed by atoms with E-state index in [0.717, 1.165) is 25.0 Å². The summed E-state index contributed by atoms with van der Waals surface area (Å²) in [6.45, 7) is 4.14. The first-order valence-electron chi connectivity index (χ1n) is 6.31. The van der Waals surface area contributed by atoms with Crippen LogP contribution < -0.4 is 0 Å². The zero-order chi connectivity index (χ0) is 14.2. The summed E-state index contributed by atoms with van der Waals surface area (Å²) in [5.74, 6) is 0.401. The molecule has 0 unspecified atom stereocenters. The van der Waals surface area contributed by atoms with Crippen molar-refractivity contribution in [1.82, 2.24) is 0 Å². The Balaban J connectivity index is 2.19. The van der Waals surface area contributed by atoms with Crippen LogP contribution in [0.15, 0.2) is 18.2 Å². The van der Waals surface area contributed by atoms with Gasteiger partial charge in [-0.15, -0.1) is 0 Å². The molecule has 106 valence electrons. The van der Waals surface area contributed by atoms with E-state index in [9.17, 15) is 13.2 Å². The average Bonchev–Trinajstić information content (AvgIpc) is 2.76. The minimum atomic E-state index is -4.36. The van der Waals surface area contributed by atoms with Crippen LogP contribution in [0, 0.1) is 5.92 Å². The lowest BCUT2D eigenvalue weighted by atomic mass is 10.0. The van der Waals surface area contributed by atoms with E-state index >= 15 is 0 Å². The topological polar surface area (TPSA) is 9.23 Å². The van der Waals surface area contributed by atoms with E-state index in [4.69, 9.17) is 16.3 Å². The van der Waals surface area contributed by atoms with Gasteiger partial charge in [0, 0.05) is 5.02 Å². The van der Waals surface area contributed by atoms with Crippen LogP contribution in [0.5, 0.6) is 0 Å². The van der Waals surface area contributed by atoms with Crippen molar-refractivity contribution in [3.05, 3.63) is 34.3 Å². The molecule has 0 saturated carbocycles. The maximum atomic E-state index is 12.6. The predicted octanol–water partition coefficient (Wildman–Crippen LogP) is 5.23. The average molecular weight is 293 g/mol. The molecule has 1 aromatic carbocycles. The molecule has 1 saturated heterocycles. The molecule has 1 aliphatic rings. The lowest BCUT2D eigenvalue weighted by molar-refractivity contribution is -0.137. The maximum absolute atomic E-state index is 12.6. The fourth-order valence-electron chi connectivity index (χ4n) is 2.35. The van der Waals surface area contributed by atoms with Crippen molar-refractivity contribution in [2.45, 2.75) is 45.1 Å². The van der Waals surface area contributed by atoms with Gasteiger partial charge in [-0.2, -0.15) is 13.2 Å². The summed E-state index contributed by atoms with van der Waals surface area (Å²) in [6, 6.07) is 3.47. The molecule has 1 fully saturated rings. The second kappa shape index (κ2) is 5.33. The molecule has 0 aromatic heterocycles. The Labute approximate surface area is 115 Å². The first kappa shape index (κ1) is 14.7. The number of rotatable bonds is 2. The summed E-state index contributed by atoms with van der Waals surface area (Å²) >= 11 is 5.96. The quantitative estimate of drug-likeness (QED) is 0.725. The van der Waals surface area contributed by atoms with E-state index in [1.807, 2.05) is 0 Å². The molecule has 0 amide bonds. The Morgan fingerprint density at radius 2 is 1.95 bits per heavy atom. The van der Waals surface area contributed by atoms with Gasteiger partial charge in [0.15, 0.2) is 0 Å². The Morgan fingerprint density at radius 3 is 2.42 bits per heavy atom. The third-order valence-corrected chi connectivity index (χ3v) is 3.80. The molecule has 1 aliphatic heterocycles. The second-order valence-electron chi connectivity index (χ2n) is 5.22. The molecule has 0 bridgehead atoms. The normalized spacial score (nSPS) is 24.2. The fourth-order valence-corrected chi connectivity index (χ4v) is 2.65. The molecule has 2 atom stereocenters. The molecule has 5 heteroatoms. The summed E-state index contributed by atoms with van der Waals surface area (Å²) < 4.78 is 43.5. The number of alkyl halides is 3. The van der Waals surface area contributed by atoms with Crippen molar-refractivity contribution < 1.29 is 17.9 Å². The second-order valence-corrected chi connectivity index (χ2v) is 5.63. The summed E-state index contributed by atoms with van der Waals surface area (Å²) in [5.41, 5.74) is -0.0718. The predicted molar refractivity (Wildman–Crippen MR) is 68.1 cm³/mol. The SMILES string of the molecule is CC(C)[C@@H]1CC[C@H](c2ccc(C(F)(F)F)cc2Cl)O1. The Bertz CT molecular complexity index is 456. The van der Waals surface area contributed by atoms with Gasteiger partial charge in [0.2, 0.25) is 0 Å². The first-order valence-corrected chi connectivity index (χ1v) is 6.69. The van der Waals surface area contributed by atoms with Crippen molar-refractivity contribution in [2.24, 2.45) is 5.92 Å². The lowest BCUT2D eigenvalue weighted by Crippen LogP contribution is -2.14. The number of hydrogen-bond donors (Lipinski definition) is 0. The molecule has 1 nitrogen and oxygen atoms in total.